The molecule has 2 heteroatoms. The number of carbonyl (C=O) groups excluding carboxylic acids is 1. The first-order valence-corrected chi connectivity index (χ1v) is 4.80. The molecule has 0 aliphatic carbocycles. The Balaban J connectivity index is 2.74. The van der Waals surface area contributed by atoms with Gasteiger partial charge >= 0.3 is 0 Å². The Morgan fingerprint density at radius 3 is 2.20 bits per heavy atom. The van der Waals surface area contributed by atoms with Gasteiger partial charge in [-0.3, -0.25) is 4.79 Å². The molecular formula is C13H12NO. The number of hydrogen-bond acceptors (Lipinski definition) is 2. The summed E-state index contributed by atoms with van der Waals surface area (Å²) in [7, 11) is 3.84. The lowest BCUT2D eigenvalue weighted by molar-refractivity contribution is 0.563. The van der Waals surface area contributed by atoms with Crippen LogP contribution in [0.3, 0.4) is 0 Å². The number of hydrogen-bond donors (Lipinski definition) is 0. The average Bonchev–Trinajstić information content (AvgIpc) is 2.27. The lowest BCUT2D eigenvalue weighted by Crippen LogP contribution is -2.11. The maximum atomic E-state index is 10.8. The molecule has 15 heavy (non-hydrogen) atoms. The molecule has 0 aliphatic rings. The van der Waals surface area contributed by atoms with Crippen LogP contribution in [-0.4, -0.2) is 20.4 Å². The summed E-state index contributed by atoms with van der Waals surface area (Å²) >= 11 is 0. The van der Waals surface area contributed by atoms with Gasteiger partial charge in [0.2, 0.25) is 6.29 Å². The first kappa shape index (κ1) is 9.71. The lowest BCUT2D eigenvalue weighted by Gasteiger charge is -2.15. The molecule has 0 amide bonds. The van der Waals surface area contributed by atoms with Gasteiger partial charge in [0.1, 0.15) is 0 Å². The Kier molecular flexibility index (Phi) is 2.42. The zero-order valence-electron chi connectivity index (χ0n) is 8.82. The largest absolute Gasteiger partial charge is 0.377 e. The second-order valence-corrected chi connectivity index (χ2v) is 3.71. The molecule has 0 aromatic heterocycles. The molecule has 0 bridgehead atoms. The van der Waals surface area contributed by atoms with Gasteiger partial charge in [-0.1, -0.05) is 24.3 Å². The van der Waals surface area contributed by atoms with E-state index >= 15 is 0 Å². The van der Waals surface area contributed by atoms with Gasteiger partial charge in [-0.15, -0.1) is 0 Å². The first-order valence-electron chi connectivity index (χ1n) is 4.80. The molecule has 0 saturated carbocycles. The number of fused-ring (bicyclic) bond motifs is 1. The van der Waals surface area contributed by atoms with E-state index in [1.807, 2.05) is 61.7 Å². The standard InChI is InChI=1S/C13H12NO/c1-14(2)13-8-11-6-4-3-5-10(11)7-12(13)9-15/h3-8H,1-2H3. The van der Waals surface area contributed by atoms with Gasteiger partial charge in [0.15, 0.2) is 0 Å². The van der Waals surface area contributed by atoms with Crippen molar-refractivity contribution in [1.29, 1.82) is 0 Å². The highest BCUT2D eigenvalue weighted by atomic mass is 16.1. The van der Waals surface area contributed by atoms with Gasteiger partial charge in [0, 0.05) is 19.8 Å². The summed E-state index contributed by atoms with van der Waals surface area (Å²) < 4.78 is 0. The zero-order chi connectivity index (χ0) is 10.8. The van der Waals surface area contributed by atoms with E-state index in [-0.39, 0.29) is 0 Å². The SMILES string of the molecule is CN(C)c1cc2ccccc2cc1[C]=O. The molecule has 0 aliphatic heterocycles. The summed E-state index contributed by atoms with van der Waals surface area (Å²) in [5, 5.41) is 2.21. The highest BCUT2D eigenvalue weighted by Gasteiger charge is 2.06. The summed E-state index contributed by atoms with van der Waals surface area (Å²) in [5.74, 6) is 0. The molecule has 0 fully saturated rings. The second kappa shape index (κ2) is 3.73. The Morgan fingerprint density at radius 1 is 1.07 bits per heavy atom. The summed E-state index contributed by atoms with van der Waals surface area (Å²) in [6.07, 6.45) is 1.98. The molecule has 2 nitrogen and oxygen atoms in total. The normalized spacial score (nSPS) is 10.3. The van der Waals surface area contributed by atoms with E-state index in [0.29, 0.717) is 5.56 Å². The fraction of sp³-hybridized carbons (Fsp3) is 0.154. The Hall–Kier alpha value is -1.83. The van der Waals surface area contributed by atoms with Crippen LogP contribution in [-0.2, 0) is 4.79 Å². The van der Waals surface area contributed by atoms with Gasteiger partial charge in [0.05, 0.1) is 5.56 Å². The number of nitrogens with zero attached hydrogens (tertiary/aromatic N) is 1. The van der Waals surface area contributed by atoms with Crippen molar-refractivity contribution in [2.24, 2.45) is 0 Å². The quantitative estimate of drug-likeness (QED) is 0.738. The van der Waals surface area contributed by atoms with E-state index in [9.17, 15) is 4.79 Å². The van der Waals surface area contributed by atoms with Crippen molar-refractivity contribution in [2.75, 3.05) is 19.0 Å². The smallest absolute Gasteiger partial charge is 0.235 e. The van der Waals surface area contributed by atoms with E-state index in [1.54, 1.807) is 0 Å². The molecule has 2 rings (SSSR count). The maximum Gasteiger partial charge on any atom is 0.235 e. The van der Waals surface area contributed by atoms with E-state index in [2.05, 4.69) is 0 Å². The lowest BCUT2D eigenvalue weighted by atomic mass is 10.1. The third-order valence-electron chi connectivity index (χ3n) is 2.46. The first-order chi connectivity index (χ1) is 7.22. The number of rotatable bonds is 2. The van der Waals surface area contributed by atoms with Crippen LogP contribution in [0.2, 0.25) is 0 Å². The van der Waals surface area contributed by atoms with Crippen LogP contribution in [0.1, 0.15) is 5.56 Å². The van der Waals surface area contributed by atoms with E-state index in [4.69, 9.17) is 0 Å². The van der Waals surface area contributed by atoms with Crippen molar-refractivity contribution in [1.82, 2.24) is 0 Å². The monoisotopic (exact) mass is 198 g/mol. The van der Waals surface area contributed by atoms with E-state index in [0.717, 1.165) is 16.5 Å². The van der Waals surface area contributed by atoms with Crippen LogP contribution in [0.5, 0.6) is 0 Å². The molecule has 2 aromatic rings. The zero-order valence-corrected chi connectivity index (χ0v) is 8.82. The number of benzene rings is 2. The molecule has 0 atom stereocenters. The third kappa shape index (κ3) is 1.71. The van der Waals surface area contributed by atoms with E-state index < -0.39 is 0 Å². The molecular weight excluding hydrogens is 186 g/mol. The molecule has 0 N–H and O–H groups in total. The molecule has 0 saturated heterocycles. The minimum Gasteiger partial charge on any atom is -0.377 e. The predicted octanol–water partition coefficient (Wildman–Crippen LogP) is 2.36. The number of anilines is 1. The summed E-state index contributed by atoms with van der Waals surface area (Å²) in [4.78, 5) is 12.7. The van der Waals surface area contributed by atoms with Gasteiger partial charge in [0.25, 0.3) is 0 Å². The molecule has 2 aromatic carbocycles. The van der Waals surface area contributed by atoms with Crippen molar-refractivity contribution in [2.45, 2.75) is 0 Å². The molecule has 0 unspecified atom stereocenters. The Morgan fingerprint density at radius 2 is 1.67 bits per heavy atom. The highest BCUT2D eigenvalue weighted by molar-refractivity contribution is 5.95. The van der Waals surface area contributed by atoms with Crippen molar-refractivity contribution >= 4 is 22.7 Å². The summed E-state index contributed by atoms with van der Waals surface area (Å²) in [6, 6.07) is 11.9. The third-order valence-corrected chi connectivity index (χ3v) is 2.46. The predicted molar refractivity (Wildman–Crippen MR) is 63.1 cm³/mol. The van der Waals surface area contributed by atoms with Gasteiger partial charge in [-0.25, -0.2) is 0 Å². The fourth-order valence-corrected chi connectivity index (χ4v) is 1.68. The molecule has 0 heterocycles. The average molecular weight is 198 g/mol. The fourth-order valence-electron chi connectivity index (χ4n) is 1.68. The van der Waals surface area contributed by atoms with Gasteiger partial charge in [-0.2, -0.15) is 0 Å². The van der Waals surface area contributed by atoms with Crippen LogP contribution in [0, 0.1) is 0 Å². The van der Waals surface area contributed by atoms with Gasteiger partial charge in [-0.05, 0) is 22.9 Å². The van der Waals surface area contributed by atoms with Crippen molar-refractivity contribution in [3.63, 3.8) is 0 Å². The summed E-state index contributed by atoms with van der Waals surface area (Å²) in [5.41, 5.74) is 1.52. The van der Waals surface area contributed by atoms with Crippen LogP contribution < -0.4 is 4.90 Å². The van der Waals surface area contributed by atoms with Crippen LogP contribution in [0.25, 0.3) is 10.8 Å². The Bertz CT molecular complexity index is 503. The van der Waals surface area contributed by atoms with Crippen molar-refractivity contribution in [3.05, 3.63) is 42.0 Å². The highest BCUT2D eigenvalue weighted by Crippen LogP contribution is 2.24. The molecule has 0 spiro atoms. The van der Waals surface area contributed by atoms with Gasteiger partial charge < -0.3 is 4.90 Å². The Labute approximate surface area is 89.1 Å². The van der Waals surface area contributed by atoms with Crippen molar-refractivity contribution < 1.29 is 4.79 Å². The van der Waals surface area contributed by atoms with Crippen LogP contribution >= 0.6 is 0 Å². The minimum absolute atomic E-state index is 0.610. The second-order valence-electron chi connectivity index (χ2n) is 3.71. The molecule has 75 valence electrons. The van der Waals surface area contributed by atoms with Crippen LogP contribution in [0.15, 0.2) is 36.4 Å². The van der Waals surface area contributed by atoms with Crippen LogP contribution in [0.4, 0.5) is 5.69 Å². The minimum atomic E-state index is 0.610. The topological polar surface area (TPSA) is 20.3 Å². The van der Waals surface area contributed by atoms with E-state index in [1.165, 1.54) is 0 Å². The summed E-state index contributed by atoms with van der Waals surface area (Å²) in [6.45, 7) is 0. The maximum absolute atomic E-state index is 10.8. The van der Waals surface area contributed by atoms with Crippen molar-refractivity contribution in [3.8, 4) is 0 Å². The molecule has 1 radical (unpaired) electrons.